The molecule has 0 bridgehead atoms. The summed E-state index contributed by atoms with van der Waals surface area (Å²) >= 11 is 0. The number of benzene rings is 2. The highest BCUT2D eigenvalue weighted by Crippen LogP contribution is 2.48. The van der Waals surface area contributed by atoms with E-state index in [9.17, 15) is 37.3 Å². The Bertz CT molecular complexity index is 1160. The summed E-state index contributed by atoms with van der Waals surface area (Å²) in [5.41, 5.74) is 1.58. The Morgan fingerprint density at radius 1 is 0.588 bits per heavy atom. The molecule has 14 heteroatoms. The van der Waals surface area contributed by atoms with Crippen molar-refractivity contribution in [1.29, 1.82) is 0 Å². The van der Waals surface area contributed by atoms with Gasteiger partial charge >= 0.3 is 0 Å². The molecule has 0 aromatic heterocycles. The molecule has 4 atom stereocenters. The van der Waals surface area contributed by atoms with Gasteiger partial charge in [-0.3, -0.25) is 9.11 Å². The molecule has 0 spiro atoms. The third-order valence-corrected chi connectivity index (χ3v) is 7.91. The zero-order chi connectivity index (χ0) is 25.0. The van der Waals surface area contributed by atoms with Crippen LogP contribution in [0.1, 0.15) is 60.0 Å². The summed E-state index contributed by atoms with van der Waals surface area (Å²) in [6, 6.07) is 6.26. The van der Waals surface area contributed by atoms with E-state index in [1.165, 1.54) is 9.80 Å². The van der Waals surface area contributed by atoms with Crippen LogP contribution in [-0.4, -0.2) is 80.8 Å². The molecule has 2 aliphatic rings. The van der Waals surface area contributed by atoms with E-state index in [1.54, 1.807) is 24.3 Å². The van der Waals surface area contributed by atoms with Crippen LogP contribution in [0.4, 0.5) is 0 Å². The van der Waals surface area contributed by atoms with Crippen LogP contribution in [-0.2, 0) is 20.2 Å². The Hall–Kier alpha value is -1.72. The van der Waals surface area contributed by atoms with Crippen LogP contribution in [0.15, 0.2) is 24.3 Å². The van der Waals surface area contributed by atoms with E-state index < -0.39 is 56.7 Å². The van der Waals surface area contributed by atoms with Gasteiger partial charge in [-0.05, 0) is 23.6 Å². The van der Waals surface area contributed by atoms with Gasteiger partial charge in [0.2, 0.25) is 0 Å². The van der Waals surface area contributed by atoms with E-state index in [-0.39, 0.29) is 25.9 Å². The Kier molecular flexibility index (Phi) is 6.76. The van der Waals surface area contributed by atoms with Crippen molar-refractivity contribution in [2.75, 3.05) is 24.6 Å². The predicted molar refractivity (Wildman–Crippen MR) is 119 cm³/mol. The minimum atomic E-state index is -4.20. The molecule has 0 radical (unpaired) electrons. The van der Waals surface area contributed by atoms with Crippen LogP contribution < -0.4 is 0 Å². The van der Waals surface area contributed by atoms with Crippen molar-refractivity contribution in [3.8, 4) is 0 Å². The minimum Gasteiger partial charge on any atom is -0.374 e. The van der Waals surface area contributed by atoms with Crippen LogP contribution in [0.3, 0.4) is 0 Å². The third-order valence-electron chi connectivity index (χ3n) is 6.30. The second-order valence-corrected chi connectivity index (χ2v) is 11.6. The summed E-state index contributed by atoms with van der Waals surface area (Å²) in [4.78, 5) is 2.56. The first kappa shape index (κ1) is 25.4. The van der Waals surface area contributed by atoms with Crippen molar-refractivity contribution in [3.63, 3.8) is 0 Å². The lowest BCUT2D eigenvalue weighted by Crippen LogP contribution is -2.40. The van der Waals surface area contributed by atoms with Gasteiger partial charge in [-0.15, -0.1) is 0 Å². The molecule has 0 aliphatic carbocycles. The number of rotatable bonds is 8. The van der Waals surface area contributed by atoms with Gasteiger partial charge in [-0.1, -0.05) is 24.3 Å². The summed E-state index contributed by atoms with van der Waals surface area (Å²) in [6.45, 7) is -0.0568. The van der Waals surface area contributed by atoms with Crippen molar-refractivity contribution in [3.05, 3.63) is 46.5 Å². The number of nitrogens with zero attached hydrogens (tertiary/aromatic N) is 2. The van der Waals surface area contributed by atoms with Crippen molar-refractivity contribution in [1.82, 2.24) is 9.80 Å². The fourth-order valence-corrected chi connectivity index (χ4v) is 5.78. The monoisotopic (exact) mass is 518 g/mol. The van der Waals surface area contributed by atoms with Gasteiger partial charge in [0.05, 0.1) is 11.5 Å². The Labute approximate surface area is 196 Å². The normalized spacial score (nSPS) is 25.7. The molecular weight excluding hydrogens is 492 g/mol. The van der Waals surface area contributed by atoms with Crippen molar-refractivity contribution >= 4 is 31.0 Å². The second-order valence-electron chi connectivity index (χ2n) is 8.49. The van der Waals surface area contributed by atoms with Gasteiger partial charge in [-0.25, -0.2) is 9.80 Å². The highest BCUT2D eigenvalue weighted by Gasteiger charge is 2.39. The van der Waals surface area contributed by atoms with Crippen LogP contribution >= 0.6 is 0 Å². The maximum atomic E-state index is 11.0. The maximum absolute atomic E-state index is 11.0. The van der Waals surface area contributed by atoms with E-state index in [4.69, 9.17) is 9.11 Å². The van der Waals surface area contributed by atoms with Crippen LogP contribution in [0.25, 0.3) is 10.8 Å². The Morgan fingerprint density at radius 2 is 0.853 bits per heavy atom. The van der Waals surface area contributed by atoms with E-state index in [0.717, 1.165) is 0 Å². The maximum Gasteiger partial charge on any atom is 0.264 e. The highest BCUT2D eigenvalue weighted by atomic mass is 32.2. The molecule has 34 heavy (non-hydrogen) atoms. The average molecular weight is 519 g/mol. The molecule has 6 N–H and O–H groups in total. The summed E-state index contributed by atoms with van der Waals surface area (Å²) in [5, 5.41) is 44.6. The first-order valence-electron chi connectivity index (χ1n) is 10.5. The van der Waals surface area contributed by atoms with Gasteiger partial charge in [-0.2, -0.15) is 16.8 Å². The number of aliphatic hydroxyl groups is 4. The predicted octanol–water partition coefficient (Wildman–Crippen LogP) is -0.00960. The van der Waals surface area contributed by atoms with Crippen LogP contribution in [0.2, 0.25) is 0 Å². The molecule has 0 amide bonds. The van der Waals surface area contributed by atoms with Crippen molar-refractivity contribution < 1.29 is 46.4 Å². The fraction of sp³-hybridized carbons (Fsp3) is 0.500. The number of hydrogen-bond donors (Lipinski definition) is 6. The quantitative estimate of drug-likeness (QED) is 0.256. The fourth-order valence-electron chi connectivity index (χ4n) is 4.79. The number of aliphatic hydroxyl groups excluding tert-OH is 4. The zero-order valence-corrected chi connectivity index (χ0v) is 19.5. The zero-order valence-electron chi connectivity index (χ0n) is 17.9. The highest BCUT2D eigenvalue weighted by molar-refractivity contribution is 7.86. The lowest BCUT2D eigenvalue weighted by atomic mass is 9.84. The van der Waals surface area contributed by atoms with Gasteiger partial charge in [0.1, 0.15) is 24.9 Å². The Morgan fingerprint density at radius 3 is 1.09 bits per heavy atom. The molecule has 0 saturated carbocycles. The van der Waals surface area contributed by atoms with Crippen LogP contribution in [0.5, 0.6) is 0 Å². The second kappa shape index (κ2) is 9.05. The van der Waals surface area contributed by atoms with Crippen LogP contribution in [0, 0.1) is 0 Å². The van der Waals surface area contributed by atoms with Gasteiger partial charge in [0, 0.05) is 35.3 Å². The Balaban J connectivity index is 1.69. The van der Waals surface area contributed by atoms with Gasteiger partial charge in [0.15, 0.2) is 0 Å². The topological polar surface area (TPSA) is 196 Å². The van der Waals surface area contributed by atoms with E-state index in [1.807, 2.05) is 0 Å². The number of hydrogen-bond acceptors (Lipinski definition) is 10. The van der Waals surface area contributed by atoms with Gasteiger partial charge in [0.25, 0.3) is 20.2 Å². The lowest BCUT2D eigenvalue weighted by Gasteiger charge is -2.42. The molecule has 0 fully saturated rings. The summed E-state index contributed by atoms with van der Waals surface area (Å²) in [6.07, 6.45) is -5.30. The smallest absolute Gasteiger partial charge is 0.264 e. The van der Waals surface area contributed by atoms with Gasteiger partial charge < -0.3 is 20.4 Å². The molecule has 4 rings (SSSR count). The van der Waals surface area contributed by atoms with Crippen molar-refractivity contribution in [2.24, 2.45) is 0 Å². The molecule has 2 aromatic carbocycles. The molecule has 2 aliphatic heterocycles. The molecule has 188 valence electrons. The lowest BCUT2D eigenvalue weighted by molar-refractivity contribution is -0.114. The summed E-state index contributed by atoms with van der Waals surface area (Å²) in [7, 11) is -8.40. The third kappa shape index (κ3) is 4.70. The summed E-state index contributed by atoms with van der Waals surface area (Å²) in [5.74, 6) is -1.07. The molecule has 0 unspecified atom stereocenters. The van der Waals surface area contributed by atoms with E-state index in [0.29, 0.717) is 33.0 Å². The molecule has 2 aromatic rings. The molecule has 12 nitrogen and oxygen atoms in total. The molecule has 2 heterocycles. The molecule has 0 saturated heterocycles. The average Bonchev–Trinajstić information content (AvgIpc) is 2.73. The minimum absolute atomic E-state index is 0.0284. The van der Waals surface area contributed by atoms with Crippen molar-refractivity contribution in [2.45, 2.75) is 37.8 Å². The largest absolute Gasteiger partial charge is 0.374 e. The summed E-state index contributed by atoms with van der Waals surface area (Å²) < 4.78 is 62.0. The molecular formula is C20H26N2O10S2. The standard InChI is InChI=1S/C20H26N2O10S2/c23-17-11-3-5-13-16-14(20(26)22(19(13)25)8-2-10-34(30,31)32)6-4-12(15(11)16)18(24)21(17)7-1-9-33(27,28)29/h3-6,17-20,23-26H,1-2,7-10H2,(H,27,28,29)(H,30,31,32)/t17-,18-,19-,20+/m1/s1. The first-order valence-corrected chi connectivity index (χ1v) is 13.8. The first-order chi connectivity index (χ1) is 15.8. The van der Waals surface area contributed by atoms with E-state index >= 15 is 0 Å². The van der Waals surface area contributed by atoms with E-state index in [2.05, 4.69) is 0 Å². The SMILES string of the molecule is O=S(=O)(O)CCCN1[C@H](O)c2ccc3c4c(ccc(c24)[C@H]1O)[C@H](O)N(CCCS(=O)(=O)O)[C@@H]3O.